The largest absolute Gasteiger partial charge is 0.369 e. The highest BCUT2D eigenvalue weighted by molar-refractivity contribution is 7.13. The van der Waals surface area contributed by atoms with Gasteiger partial charge in [-0.05, 0) is 31.5 Å². The molecular formula is C21H24N4OS. The van der Waals surface area contributed by atoms with Crippen molar-refractivity contribution in [3.8, 4) is 0 Å². The fourth-order valence-electron chi connectivity index (χ4n) is 3.32. The monoisotopic (exact) mass is 380 g/mol. The summed E-state index contributed by atoms with van der Waals surface area (Å²) in [7, 11) is 0. The lowest BCUT2D eigenvalue weighted by Gasteiger charge is -2.32. The molecule has 3 heterocycles. The summed E-state index contributed by atoms with van der Waals surface area (Å²) in [5.41, 5.74) is 4.62. The van der Waals surface area contributed by atoms with Gasteiger partial charge in [-0.1, -0.05) is 35.9 Å². The van der Waals surface area contributed by atoms with Gasteiger partial charge in [-0.2, -0.15) is 0 Å². The number of aryl methyl sites for hydroxylation is 2. The summed E-state index contributed by atoms with van der Waals surface area (Å²) in [6, 6.07) is 14.7. The van der Waals surface area contributed by atoms with Gasteiger partial charge in [0.05, 0.1) is 18.0 Å². The molecule has 1 atom stereocenters. The number of hydrogen-bond donors (Lipinski definition) is 1. The summed E-state index contributed by atoms with van der Waals surface area (Å²) >= 11 is 1.59. The third-order valence-corrected chi connectivity index (χ3v) is 5.47. The van der Waals surface area contributed by atoms with Crippen LogP contribution >= 0.6 is 11.3 Å². The average molecular weight is 381 g/mol. The number of benzene rings is 1. The van der Waals surface area contributed by atoms with Crippen molar-refractivity contribution in [2.24, 2.45) is 0 Å². The number of aromatic nitrogens is 2. The molecule has 0 unspecified atom stereocenters. The van der Waals surface area contributed by atoms with Gasteiger partial charge in [0.1, 0.15) is 11.9 Å². The Hall–Kier alpha value is -2.28. The van der Waals surface area contributed by atoms with E-state index >= 15 is 0 Å². The predicted octanol–water partition coefficient (Wildman–Crippen LogP) is 4.47. The molecule has 6 heteroatoms. The molecule has 1 aromatic carbocycles. The molecule has 5 nitrogen and oxygen atoms in total. The van der Waals surface area contributed by atoms with Gasteiger partial charge in [0.15, 0.2) is 5.13 Å². The maximum Gasteiger partial charge on any atom is 0.188 e. The lowest BCUT2D eigenvalue weighted by atomic mass is 10.1. The fraction of sp³-hybridized carbons (Fsp3) is 0.333. The van der Waals surface area contributed by atoms with Crippen molar-refractivity contribution in [2.75, 3.05) is 25.0 Å². The number of nitrogens with one attached hydrogen (secondary N) is 1. The molecule has 0 bridgehead atoms. The van der Waals surface area contributed by atoms with Crippen molar-refractivity contribution in [1.82, 2.24) is 14.9 Å². The zero-order valence-corrected chi connectivity index (χ0v) is 16.5. The molecule has 1 saturated heterocycles. The molecule has 0 saturated carbocycles. The van der Waals surface area contributed by atoms with Crippen LogP contribution in [-0.4, -0.2) is 34.6 Å². The minimum atomic E-state index is -0.0108. The Kier molecular flexibility index (Phi) is 5.48. The predicted molar refractivity (Wildman–Crippen MR) is 110 cm³/mol. The third-order valence-electron chi connectivity index (χ3n) is 4.59. The summed E-state index contributed by atoms with van der Waals surface area (Å²) in [5, 5.41) is 6.18. The highest BCUT2D eigenvalue weighted by Gasteiger charge is 2.23. The van der Waals surface area contributed by atoms with Crippen LogP contribution < -0.4 is 5.32 Å². The number of pyridine rings is 1. The van der Waals surface area contributed by atoms with Gasteiger partial charge in [0, 0.05) is 25.0 Å². The third kappa shape index (κ3) is 4.71. The molecule has 0 amide bonds. The van der Waals surface area contributed by atoms with Crippen molar-refractivity contribution < 1.29 is 4.74 Å². The number of nitrogens with zero attached hydrogens (tertiary/aromatic N) is 3. The van der Waals surface area contributed by atoms with Crippen molar-refractivity contribution >= 4 is 22.3 Å². The highest BCUT2D eigenvalue weighted by atomic mass is 32.1. The Bertz CT molecular complexity index is 910. The molecule has 0 radical (unpaired) electrons. The minimum absolute atomic E-state index is 0.0108. The number of rotatable bonds is 5. The first-order valence-corrected chi connectivity index (χ1v) is 10.1. The molecular weight excluding hydrogens is 356 g/mol. The van der Waals surface area contributed by atoms with Crippen molar-refractivity contribution in [1.29, 1.82) is 0 Å². The van der Waals surface area contributed by atoms with Gasteiger partial charge in [0.25, 0.3) is 0 Å². The van der Waals surface area contributed by atoms with Crippen molar-refractivity contribution in [3.63, 3.8) is 0 Å². The van der Waals surface area contributed by atoms with Crippen LogP contribution in [0.25, 0.3) is 0 Å². The summed E-state index contributed by atoms with van der Waals surface area (Å²) in [4.78, 5) is 11.6. The second-order valence-corrected chi connectivity index (χ2v) is 7.81. The van der Waals surface area contributed by atoms with Crippen LogP contribution in [0.3, 0.4) is 0 Å². The van der Waals surface area contributed by atoms with Gasteiger partial charge in [-0.25, -0.2) is 9.97 Å². The average Bonchev–Trinajstić information content (AvgIpc) is 3.07. The van der Waals surface area contributed by atoms with Gasteiger partial charge in [0.2, 0.25) is 0 Å². The van der Waals surface area contributed by atoms with Crippen LogP contribution in [0.5, 0.6) is 0 Å². The number of anilines is 2. The second-order valence-electron chi connectivity index (χ2n) is 6.95. The van der Waals surface area contributed by atoms with Crippen LogP contribution in [0.1, 0.15) is 28.6 Å². The van der Waals surface area contributed by atoms with Crippen LogP contribution in [0, 0.1) is 13.8 Å². The van der Waals surface area contributed by atoms with Gasteiger partial charge in [-0.3, -0.25) is 4.90 Å². The Morgan fingerprint density at radius 1 is 1.19 bits per heavy atom. The number of thiazole rings is 1. The summed E-state index contributed by atoms with van der Waals surface area (Å²) in [6.45, 7) is 7.59. The van der Waals surface area contributed by atoms with Crippen molar-refractivity contribution in [2.45, 2.75) is 26.5 Å². The lowest BCUT2D eigenvalue weighted by Crippen LogP contribution is -2.38. The summed E-state index contributed by atoms with van der Waals surface area (Å²) in [5.74, 6) is 0.807. The van der Waals surface area contributed by atoms with E-state index in [1.165, 1.54) is 11.1 Å². The van der Waals surface area contributed by atoms with Crippen LogP contribution in [-0.2, 0) is 11.3 Å². The van der Waals surface area contributed by atoms with E-state index in [0.717, 1.165) is 48.6 Å². The smallest absolute Gasteiger partial charge is 0.188 e. The normalized spacial score (nSPS) is 17.8. The second kappa shape index (κ2) is 8.17. The molecule has 0 aliphatic carbocycles. The van der Waals surface area contributed by atoms with Gasteiger partial charge in [-0.15, -0.1) is 11.3 Å². The number of hydrogen-bond acceptors (Lipinski definition) is 6. The first kappa shape index (κ1) is 18.1. The standard InChI is InChI=1S/C21H24N4OS/c1-15-5-3-6-17(11-15)12-25-9-10-26-19(13-25)18-7-4-8-20(23-18)24-21-22-16(2)14-27-21/h3-8,11,14,19H,9-10,12-13H2,1-2H3,(H,22,23,24)/t19-/m1/s1. The minimum Gasteiger partial charge on any atom is -0.369 e. The van der Waals surface area contributed by atoms with E-state index in [2.05, 4.69) is 46.4 Å². The fourth-order valence-corrected chi connectivity index (χ4v) is 4.01. The van der Waals surface area contributed by atoms with Gasteiger partial charge >= 0.3 is 0 Å². The number of ether oxygens (including phenoxy) is 1. The summed E-state index contributed by atoms with van der Waals surface area (Å²) < 4.78 is 6.02. The molecule has 1 N–H and O–H groups in total. The van der Waals surface area contributed by atoms with E-state index in [-0.39, 0.29) is 6.10 Å². The Balaban J connectivity index is 1.44. The maximum absolute atomic E-state index is 6.02. The molecule has 1 aliphatic heterocycles. The quantitative estimate of drug-likeness (QED) is 0.708. The van der Waals surface area contributed by atoms with Crippen LogP contribution in [0.4, 0.5) is 10.9 Å². The Morgan fingerprint density at radius 2 is 2.07 bits per heavy atom. The summed E-state index contributed by atoms with van der Waals surface area (Å²) in [6.07, 6.45) is -0.0108. The first-order chi connectivity index (χ1) is 13.2. The molecule has 27 heavy (non-hydrogen) atoms. The molecule has 0 spiro atoms. The molecule has 140 valence electrons. The Morgan fingerprint density at radius 3 is 2.89 bits per heavy atom. The van der Waals surface area contributed by atoms with E-state index < -0.39 is 0 Å². The zero-order chi connectivity index (χ0) is 18.6. The number of morpholine rings is 1. The molecule has 3 aromatic rings. The van der Waals surface area contributed by atoms with Crippen LogP contribution in [0.15, 0.2) is 47.8 Å². The lowest BCUT2D eigenvalue weighted by molar-refractivity contribution is -0.0349. The van der Waals surface area contributed by atoms with E-state index in [1.807, 2.05) is 30.5 Å². The molecule has 2 aromatic heterocycles. The topological polar surface area (TPSA) is 50.3 Å². The molecule has 4 rings (SSSR count). The first-order valence-electron chi connectivity index (χ1n) is 9.21. The van der Waals surface area contributed by atoms with E-state index in [0.29, 0.717) is 0 Å². The van der Waals surface area contributed by atoms with E-state index in [1.54, 1.807) is 11.3 Å². The van der Waals surface area contributed by atoms with E-state index in [9.17, 15) is 0 Å². The molecule has 1 aliphatic rings. The van der Waals surface area contributed by atoms with Crippen molar-refractivity contribution in [3.05, 3.63) is 70.4 Å². The maximum atomic E-state index is 6.02. The SMILES string of the molecule is Cc1cccc(CN2CCO[C@@H](c3cccc(Nc4nc(C)cs4)n3)C2)c1. The van der Waals surface area contributed by atoms with Gasteiger partial charge < -0.3 is 10.1 Å². The molecule has 1 fully saturated rings. The van der Waals surface area contributed by atoms with E-state index in [4.69, 9.17) is 9.72 Å². The Labute approximate surface area is 164 Å². The van der Waals surface area contributed by atoms with Crippen LogP contribution in [0.2, 0.25) is 0 Å². The highest BCUT2D eigenvalue weighted by Crippen LogP contribution is 2.25. The zero-order valence-electron chi connectivity index (χ0n) is 15.7.